The summed E-state index contributed by atoms with van der Waals surface area (Å²) in [5, 5.41) is 3.03. The summed E-state index contributed by atoms with van der Waals surface area (Å²) in [6.07, 6.45) is -3.66. The van der Waals surface area contributed by atoms with E-state index in [1.807, 2.05) is 30.3 Å². The first kappa shape index (κ1) is 14.7. The van der Waals surface area contributed by atoms with Crippen LogP contribution < -0.4 is 5.32 Å². The first-order chi connectivity index (χ1) is 9.45. The zero-order chi connectivity index (χ0) is 14.6. The molecule has 0 radical (unpaired) electrons. The lowest BCUT2D eigenvalue weighted by atomic mass is 10.1. The molecule has 0 spiro atoms. The molecule has 2 aromatic rings. The van der Waals surface area contributed by atoms with Gasteiger partial charge < -0.3 is 5.32 Å². The SMILES string of the molecule is FC(F)(F)c1cc(Cl)cc(NCCc2ccccc2)c1. The van der Waals surface area contributed by atoms with Crippen molar-refractivity contribution in [2.75, 3.05) is 11.9 Å². The predicted octanol–water partition coefficient (Wildman–Crippen LogP) is 5.01. The van der Waals surface area contributed by atoms with Crippen molar-refractivity contribution in [2.24, 2.45) is 0 Å². The molecule has 0 saturated heterocycles. The standard InChI is InChI=1S/C15H13ClF3N/c16-13-8-12(15(17,18)19)9-14(10-13)20-7-6-11-4-2-1-3-5-11/h1-5,8-10,20H,6-7H2. The summed E-state index contributed by atoms with van der Waals surface area (Å²) in [6.45, 7) is 0.543. The molecule has 2 rings (SSSR count). The van der Waals surface area contributed by atoms with E-state index in [1.165, 1.54) is 6.07 Å². The summed E-state index contributed by atoms with van der Waals surface area (Å²) in [4.78, 5) is 0. The highest BCUT2D eigenvalue weighted by atomic mass is 35.5. The quantitative estimate of drug-likeness (QED) is 0.836. The number of anilines is 1. The predicted molar refractivity (Wildman–Crippen MR) is 75.1 cm³/mol. The van der Waals surface area contributed by atoms with E-state index >= 15 is 0 Å². The molecule has 1 N–H and O–H groups in total. The van der Waals surface area contributed by atoms with Crippen LogP contribution in [-0.4, -0.2) is 6.54 Å². The molecule has 20 heavy (non-hydrogen) atoms. The molecule has 2 aromatic carbocycles. The van der Waals surface area contributed by atoms with Crippen LogP contribution in [0.3, 0.4) is 0 Å². The second-order valence-corrected chi connectivity index (χ2v) is 4.83. The van der Waals surface area contributed by atoms with Crippen molar-refractivity contribution in [1.82, 2.24) is 0 Å². The molecular weight excluding hydrogens is 287 g/mol. The summed E-state index contributed by atoms with van der Waals surface area (Å²) in [5.74, 6) is 0. The van der Waals surface area contributed by atoms with Gasteiger partial charge >= 0.3 is 6.18 Å². The fourth-order valence-corrected chi connectivity index (χ4v) is 2.09. The van der Waals surface area contributed by atoms with Crippen LogP contribution in [-0.2, 0) is 12.6 Å². The average Bonchev–Trinajstić information content (AvgIpc) is 2.38. The highest BCUT2D eigenvalue weighted by molar-refractivity contribution is 6.30. The topological polar surface area (TPSA) is 12.0 Å². The molecular formula is C15H13ClF3N. The molecule has 0 fully saturated rings. The van der Waals surface area contributed by atoms with Gasteiger partial charge in [-0.05, 0) is 30.2 Å². The van der Waals surface area contributed by atoms with Crippen LogP contribution in [0.1, 0.15) is 11.1 Å². The number of hydrogen-bond acceptors (Lipinski definition) is 1. The molecule has 0 heterocycles. The van der Waals surface area contributed by atoms with Gasteiger partial charge in [0, 0.05) is 17.3 Å². The van der Waals surface area contributed by atoms with Gasteiger partial charge in [0.1, 0.15) is 0 Å². The zero-order valence-electron chi connectivity index (χ0n) is 10.5. The summed E-state index contributed by atoms with van der Waals surface area (Å²) in [7, 11) is 0. The van der Waals surface area contributed by atoms with E-state index < -0.39 is 11.7 Å². The van der Waals surface area contributed by atoms with Crippen molar-refractivity contribution >= 4 is 17.3 Å². The molecule has 0 aliphatic rings. The Morgan fingerprint density at radius 3 is 2.35 bits per heavy atom. The van der Waals surface area contributed by atoms with Gasteiger partial charge in [0.15, 0.2) is 0 Å². The van der Waals surface area contributed by atoms with Gasteiger partial charge in [0.25, 0.3) is 0 Å². The van der Waals surface area contributed by atoms with Crippen LogP contribution >= 0.6 is 11.6 Å². The van der Waals surface area contributed by atoms with Crippen molar-refractivity contribution in [3.63, 3.8) is 0 Å². The number of hydrogen-bond donors (Lipinski definition) is 1. The maximum absolute atomic E-state index is 12.6. The van der Waals surface area contributed by atoms with Crippen molar-refractivity contribution < 1.29 is 13.2 Å². The second kappa shape index (κ2) is 6.18. The summed E-state index contributed by atoms with van der Waals surface area (Å²) in [5.41, 5.74) is 0.756. The van der Waals surface area contributed by atoms with E-state index in [0.29, 0.717) is 12.2 Å². The van der Waals surface area contributed by atoms with E-state index in [0.717, 1.165) is 24.1 Å². The Morgan fingerprint density at radius 2 is 1.70 bits per heavy atom. The van der Waals surface area contributed by atoms with E-state index in [-0.39, 0.29) is 5.02 Å². The first-order valence-electron chi connectivity index (χ1n) is 6.11. The Hall–Kier alpha value is -1.68. The second-order valence-electron chi connectivity index (χ2n) is 4.39. The lowest BCUT2D eigenvalue weighted by Crippen LogP contribution is -2.08. The van der Waals surface area contributed by atoms with Crippen LogP contribution in [0.4, 0.5) is 18.9 Å². The monoisotopic (exact) mass is 299 g/mol. The smallest absolute Gasteiger partial charge is 0.385 e. The fourth-order valence-electron chi connectivity index (χ4n) is 1.85. The van der Waals surface area contributed by atoms with Gasteiger partial charge in [-0.25, -0.2) is 0 Å². The average molecular weight is 300 g/mol. The van der Waals surface area contributed by atoms with Gasteiger partial charge in [0.05, 0.1) is 5.56 Å². The Balaban J connectivity index is 2.01. The maximum Gasteiger partial charge on any atom is 0.416 e. The molecule has 5 heteroatoms. The van der Waals surface area contributed by atoms with Crippen molar-refractivity contribution in [1.29, 1.82) is 0 Å². The van der Waals surface area contributed by atoms with Gasteiger partial charge in [-0.3, -0.25) is 0 Å². The van der Waals surface area contributed by atoms with Crippen LogP contribution in [0.25, 0.3) is 0 Å². The van der Waals surface area contributed by atoms with E-state index in [2.05, 4.69) is 5.32 Å². The molecule has 0 saturated carbocycles. The Bertz CT molecular complexity index is 567. The highest BCUT2D eigenvalue weighted by Gasteiger charge is 2.31. The van der Waals surface area contributed by atoms with E-state index in [4.69, 9.17) is 11.6 Å². The lowest BCUT2D eigenvalue weighted by Gasteiger charge is -2.11. The minimum absolute atomic E-state index is 0.0713. The molecule has 0 unspecified atom stereocenters. The van der Waals surface area contributed by atoms with E-state index in [1.54, 1.807) is 0 Å². The molecule has 0 bridgehead atoms. The van der Waals surface area contributed by atoms with Crippen molar-refractivity contribution in [2.45, 2.75) is 12.6 Å². The third kappa shape index (κ3) is 4.17. The number of benzene rings is 2. The van der Waals surface area contributed by atoms with Crippen LogP contribution in [0, 0.1) is 0 Å². The van der Waals surface area contributed by atoms with Gasteiger partial charge in [0.2, 0.25) is 0 Å². The molecule has 0 aliphatic carbocycles. The normalized spacial score (nSPS) is 11.4. The zero-order valence-corrected chi connectivity index (χ0v) is 11.3. The van der Waals surface area contributed by atoms with Crippen LogP contribution in [0.5, 0.6) is 0 Å². The van der Waals surface area contributed by atoms with E-state index in [9.17, 15) is 13.2 Å². The summed E-state index contributed by atoms with van der Waals surface area (Å²) < 4.78 is 37.9. The Kier molecular flexibility index (Phi) is 4.55. The number of alkyl halides is 3. The van der Waals surface area contributed by atoms with Gasteiger partial charge in [-0.2, -0.15) is 13.2 Å². The largest absolute Gasteiger partial charge is 0.416 e. The maximum atomic E-state index is 12.6. The highest BCUT2D eigenvalue weighted by Crippen LogP contribution is 2.33. The number of halogens is 4. The molecule has 0 aromatic heterocycles. The summed E-state index contributed by atoms with van der Waals surface area (Å²) >= 11 is 5.71. The van der Waals surface area contributed by atoms with Crippen molar-refractivity contribution in [3.8, 4) is 0 Å². The van der Waals surface area contributed by atoms with Crippen LogP contribution in [0.2, 0.25) is 5.02 Å². The van der Waals surface area contributed by atoms with Crippen molar-refractivity contribution in [3.05, 3.63) is 64.7 Å². The minimum atomic E-state index is -4.39. The van der Waals surface area contributed by atoms with Gasteiger partial charge in [-0.15, -0.1) is 0 Å². The molecule has 0 atom stereocenters. The van der Waals surface area contributed by atoms with Crippen LogP contribution in [0.15, 0.2) is 48.5 Å². The fraction of sp³-hybridized carbons (Fsp3) is 0.200. The minimum Gasteiger partial charge on any atom is -0.385 e. The number of nitrogens with one attached hydrogen (secondary N) is 1. The number of rotatable bonds is 4. The third-order valence-electron chi connectivity index (χ3n) is 2.81. The lowest BCUT2D eigenvalue weighted by molar-refractivity contribution is -0.137. The molecule has 0 amide bonds. The summed E-state index contributed by atoms with van der Waals surface area (Å²) in [6, 6.07) is 13.2. The Morgan fingerprint density at radius 1 is 1.00 bits per heavy atom. The molecule has 1 nitrogen and oxygen atoms in total. The first-order valence-corrected chi connectivity index (χ1v) is 6.48. The van der Waals surface area contributed by atoms with Gasteiger partial charge in [-0.1, -0.05) is 41.9 Å². The molecule has 106 valence electrons. The Labute approximate surface area is 120 Å². The third-order valence-corrected chi connectivity index (χ3v) is 3.03. The molecule has 0 aliphatic heterocycles.